The van der Waals surface area contributed by atoms with Crippen molar-refractivity contribution in [3.8, 4) is 0 Å². The number of allylic oxidation sites excluding steroid dienone is 2. The first kappa shape index (κ1) is 27.4. The Hall–Kier alpha value is -2.66. The Morgan fingerprint density at radius 1 is 1.38 bits per heavy atom. The zero-order valence-electron chi connectivity index (χ0n) is 19.8. The summed E-state index contributed by atoms with van der Waals surface area (Å²) in [5.74, 6) is 5.03. The van der Waals surface area contributed by atoms with E-state index in [4.69, 9.17) is 10.6 Å². The standard InChI is InChI=1S/C22H40N8O2/c1-6-8-18(13-17(3)14-27-23)16-32-22(29-25-5)21(31)28-19(15-24-4)20(7-2)30-11-9-26-10-12-30/h7-8,13,15,22,24,26-27,29H,5-6,9-12,14,16,23H2,1-4H3,(H,28,31)/b17-13-,18-8+,19-15+,20-7+. The molecule has 1 heterocycles. The molecule has 0 aromatic rings. The van der Waals surface area contributed by atoms with Gasteiger partial charge in [-0.1, -0.05) is 30.7 Å². The van der Waals surface area contributed by atoms with Crippen molar-refractivity contribution in [2.45, 2.75) is 33.4 Å². The molecule has 1 rings (SSSR count). The van der Waals surface area contributed by atoms with Crippen molar-refractivity contribution in [1.82, 2.24) is 31.7 Å². The van der Waals surface area contributed by atoms with Crippen LogP contribution in [0.15, 0.2) is 52.1 Å². The molecule has 32 heavy (non-hydrogen) atoms. The molecule has 10 heteroatoms. The summed E-state index contributed by atoms with van der Waals surface area (Å²) in [5.41, 5.74) is 8.89. The van der Waals surface area contributed by atoms with Crippen LogP contribution in [0.4, 0.5) is 0 Å². The lowest BCUT2D eigenvalue weighted by molar-refractivity contribution is -0.133. The Bertz CT molecular complexity index is 709. The van der Waals surface area contributed by atoms with Gasteiger partial charge in [0.1, 0.15) is 0 Å². The van der Waals surface area contributed by atoms with Crippen molar-refractivity contribution in [2.24, 2.45) is 10.9 Å². The quantitative estimate of drug-likeness (QED) is 0.0735. The van der Waals surface area contributed by atoms with Crippen LogP contribution in [0.25, 0.3) is 0 Å². The second-order valence-electron chi connectivity index (χ2n) is 7.28. The third kappa shape index (κ3) is 9.65. The van der Waals surface area contributed by atoms with E-state index < -0.39 is 6.23 Å². The molecule has 0 aromatic heterocycles. The third-order valence-electron chi connectivity index (χ3n) is 4.70. The van der Waals surface area contributed by atoms with E-state index in [9.17, 15) is 4.79 Å². The van der Waals surface area contributed by atoms with Gasteiger partial charge in [-0.3, -0.25) is 21.5 Å². The fourth-order valence-electron chi connectivity index (χ4n) is 3.32. The van der Waals surface area contributed by atoms with Gasteiger partial charge < -0.3 is 25.6 Å². The number of amides is 1. The fourth-order valence-corrected chi connectivity index (χ4v) is 3.32. The van der Waals surface area contributed by atoms with Crippen LogP contribution in [-0.2, 0) is 9.53 Å². The zero-order valence-corrected chi connectivity index (χ0v) is 19.8. The summed E-state index contributed by atoms with van der Waals surface area (Å²) in [7, 11) is 1.79. The van der Waals surface area contributed by atoms with Gasteiger partial charge in [-0.15, -0.1) is 0 Å². The smallest absolute Gasteiger partial charge is 0.275 e. The van der Waals surface area contributed by atoms with Gasteiger partial charge in [-0.25, -0.2) is 0 Å². The van der Waals surface area contributed by atoms with Crippen LogP contribution in [0.2, 0.25) is 0 Å². The van der Waals surface area contributed by atoms with Gasteiger partial charge >= 0.3 is 0 Å². The predicted octanol–water partition coefficient (Wildman–Crippen LogP) is 0.266. The largest absolute Gasteiger partial charge is 0.392 e. The van der Waals surface area contributed by atoms with Crippen molar-refractivity contribution in [3.05, 3.63) is 47.0 Å². The van der Waals surface area contributed by atoms with Gasteiger partial charge in [0.15, 0.2) is 0 Å². The Labute approximate surface area is 192 Å². The predicted molar refractivity (Wildman–Crippen MR) is 130 cm³/mol. The van der Waals surface area contributed by atoms with E-state index in [1.807, 2.05) is 39.0 Å². The summed E-state index contributed by atoms with van der Waals surface area (Å²) in [5, 5.41) is 13.0. The monoisotopic (exact) mass is 448 g/mol. The van der Waals surface area contributed by atoms with E-state index in [1.54, 1.807) is 13.2 Å². The molecule has 1 aliphatic heterocycles. The van der Waals surface area contributed by atoms with Crippen LogP contribution in [0.1, 0.15) is 27.2 Å². The SMILES string of the molecule is C=NNC(OCC(/C=C(/C)CNN)=C/CC)C(=O)NC(=C/NC)/C(=C\C)N1CCNCC1. The number of piperazine rings is 1. The summed E-state index contributed by atoms with van der Waals surface area (Å²) in [6.45, 7) is 13.7. The molecule has 10 nitrogen and oxygen atoms in total. The van der Waals surface area contributed by atoms with Crippen LogP contribution in [-0.4, -0.2) is 70.1 Å². The number of carbonyl (C=O) groups excluding carboxylic acids is 1. The molecule has 1 atom stereocenters. The Balaban J connectivity index is 2.92. The first-order valence-corrected chi connectivity index (χ1v) is 10.9. The molecule has 1 fully saturated rings. The number of nitrogens with two attached hydrogens (primary N) is 1. The lowest BCUT2D eigenvalue weighted by Gasteiger charge is -2.33. The maximum Gasteiger partial charge on any atom is 0.275 e. The minimum Gasteiger partial charge on any atom is -0.392 e. The summed E-state index contributed by atoms with van der Waals surface area (Å²) in [6.07, 6.45) is 7.63. The molecule has 0 spiro atoms. The second kappa shape index (κ2) is 16.0. The number of hydrogen-bond donors (Lipinski definition) is 6. The number of carbonyl (C=O) groups is 1. The highest BCUT2D eigenvalue weighted by atomic mass is 16.5. The molecule has 0 bridgehead atoms. The van der Waals surface area contributed by atoms with Crippen LogP contribution in [0.5, 0.6) is 0 Å². The van der Waals surface area contributed by atoms with Crippen molar-refractivity contribution in [3.63, 3.8) is 0 Å². The van der Waals surface area contributed by atoms with E-state index in [0.717, 1.165) is 49.4 Å². The van der Waals surface area contributed by atoms with E-state index in [2.05, 4.69) is 43.5 Å². The molecule has 0 aromatic carbocycles. The maximum atomic E-state index is 13.0. The minimum absolute atomic E-state index is 0.232. The first-order chi connectivity index (χ1) is 15.5. The van der Waals surface area contributed by atoms with E-state index in [-0.39, 0.29) is 12.5 Å². The average molecular weight is 449 g/mol. The van der Waals surface area contributed by atoms with Crippen molar-refractivity contribution < 1.29 is 9.53 Å². The average Bonchev–Trinajstić information content (AvgIpc) is 2.78. The lowest BCUT2D eigenvalue weighted by atomic mass is 10.1. The topological polar surface area (TPSA) is 128 Å². The maximum absolute atomic E-state index is 13.0. The van der Waals surface area contributed by atoms with Gasteiger partial charge in [-0.05, 0) is 25.8 Å². The number of nitrogens with one attached hydrogen (secondary N) is 5. The van der Waals surface area contributed by atoms with E-state index in [1.165, 1.54) is 0 Å². The van der Waals surface area contributed by atoms with Crippen molar-refractivity contribution in [1.29, 1.82) is 0 Å². The van der Waals surface area contributed by atoms with E-state index >= 15 is 0 Å². The molecule has 1 saturated heterocycles. The fraction of sp³-hybridized carbons (Fsp3) is 0.545. The molecule has 1 amide bonds. The molecular formula is C22H40N8O2. The third-order valence-corrected chi connectivity index (χ3v) is 4.70. The van der Waals surface area contributed by atoms with Crippen LogP contribution in [0, 0.1) is 0 Å². The molecule has 1 aliphatic rings. The lowest BCUT2D eigenvalue weighted by Crippen LogP contribution is -2.47. The molecular weight excluding hydrogens is 408 g/mol. The molecule has 0 saturated carbocycles. The number of hydrazone groups is 1. The van der Waals surface area contributed by atoms with Gasteiger partial charge in [-0.2, -0.15) is 5.10 Å². The highest BCUT2D eigenvalue weighted by Gasteiger charge is 2.23. The molecule has 1 unspecified atom stereocenters. The number of rotatable bonds is 14. The second-order valence-corrected chi connectivity index (χ2v) is 7.28. The molecule has 0 aliphatic carbocycles. The Morgan fingerprint density at radius 3 is 2.66 bits per heavy atom. The molecule has 180 valence electrons. The first-order valence-electron chi connectivity index (χ1n) is 10.9. The van der Waals surface area contributed by atoms with Crippen LogP contribution >= 0.6 is 0 Å². The Kier molecular flexibility index (Phi) is 13.7. The highest BCUT2D eigenvalue weighted by Crippen LogP contribution is 2.14. The summed E-state index contributed by atoms with van der Waals surface area (Å²) in [4.78, 5) is 15.3. The summed E-state index contributed by atoms with van der Waals surface area (Å²) in [6, 6.07) is 0. The van der Waals surface area contributed by atoms with Crippen molar-refractivity contribution >= 4 is 12.6 Å². The van der Waals surface area contributed by atoms with Crippen molar-refractivity contribution in [2.75, 3.05) is 46.4 Å². The van der Waals surface area contributed by atoms with Gasteiger partial charge in [0.2, 0.25) is 6.23 Å². The molecule has 0 radical (unpaired) electrons. The number of hydrazine groups is 1. The number of ether oxygens (including phenoxy) is 1. The van der Waals surface area contributed by atoms with E-state index in [0.29, 0.717) is 12.2 Å². The zero-order chi connectivity index (χ0) is 23.8. The number of hydrogen-bond acceptors (Lipinski definition) is 9. The Morgan fingerprint density at radius 2 is 2.09 bits per heavy atom. The van der Waals surface area contributed by atoms with Crippen LogP contribution < -0.4 is 32.6 Å². The van der Waals surface area contributed by atoms with Gasteiger partial charge in [0.05, 0.1) is 18.0 Å². The van der Waals surface area contributed by atoms with Gasteiger partial charge in [0.25, 0.3) is 5.91 Å². The minimum atomic E-state index is -1.00. The number of nitrogens with zero attached hydrogens (tertiary/aromatic N) is 2. The normalized spacial score (nSPS) is 17.1. The highest BCUT2D eigenvalue weighted by molar-refractivity contribution is 5.82. The molecule has 7 N–H and O–H groups in total. The van der Waals surface area contributed by atoms with Crippen LogP contribution in [0.3, 0.4) is 0 Å². The summed E-state index contributed by atoms with van der Waals surface area (Å²) >= 11 is 0. The van der Waals surface area contributed by atoms with Gasteiger partial charge in [0, 0.05) is 52.7 Å². The summed E-state index contributed by atoms with van der Waals surface area (Å²) < 4.78 is 5.86.